The third kappa shape index (κ3) is 3.46. The molecule has 5 nitrogen and oxygen atoms in total. The number of nitrogens with zero attached hydrogens (tertiary/aromatic N) is 3. The largest absolute Gasteiger partial charge is 0.375 e. The summed E-state index contributed by atoms with van der Waals surface area (Å²) >= 11 is 0. The summed E-state index contributed by atoms with van der Waals surface area (Å²) in [5.41, 5.74) is 9.54. The Morgan fingerprint density at radius 1 is 1.41 bits per heavy atom. The predicted molar refractivity (Wildman–Crippen MR) is 63.4 cm³/mol. The molecule has 0 aromatic heterocycles. The fraction of sp³-hybridized carbons (Fsp3) is 0.500. The summed E-state index contributed by atoms with van der Waals surface area (Å²) in [5.74, 6) is 0. The summed E-state index contributed by atoms with van der Waals surface area (Å²) in [7, 11) is 0. The van der Waals surface area contributed by atoms with E-state index in [0.29, 0.717) is 19.8 Å². The lowest BCUT2D eigenvalue weighted by molar-refractivity contribution is 0.00584. The molecule has 0 aliphatic carbocycles. The molecular weight excluding hydrogens is 218 g/mol. The Hall–Kier alpha value is -1.55. The third-order valence-corrected chi connectivity index (χ3v) is 2.77. The predicted octanol–water partition coefficient (Wildman–Crippen LogP) is 2.67. The van der Waals surface area contributed by atoms with Gasteiger partial charge in [-0.25, -0.2) is 0 Å². The standard InChI is InChI=1S/C12H15N3O2/c13-15-14-11-6-7-17-12(11)9-16-8-10-4-2-1-3-5-10/h1-5,11-12H,6-9H2/t11-,12+/m1/s1. The normalized spacial score (nSPS) is 23.3. The first-order valence-corrected chi connectivity index (χ1v) is 5.67. The molecular formula is C12H15N3O2. The summed E-state index contributed by atoms with van der Waals surface area (Å²) in [5, 5.41) is 3.71. The molecule has 0 spiro atoms. The van der Waals surface area contributed by atoms with Crippen LogP contribution in [0, 0.1) is 0 Å². The van der Waals surface area contributed by atoms with Crippen molar-refractivity contribution in [2.75, 3.05) is 13.2 Å². The van der Waals surface area contributed by atoms with Gasteiger partial charge in [0.25, 0.3) is 0 Å². The quantitative estimate of drug-likeness (QED) is 0.445. The first-order valence-electron chi connectivity index (χ1n) is 5.67. The minimum atomic E-state index is -0.102. The highest BCUT2D eigenvalue weighted by Gasteiger charge is 2.27. The third-order valence-electron chi connectivity index (χ3n) is 2.77. The van der Waals surface area contributed by atoms with Gasteiger partial charge in [0.15, 0.2) is 0 Å². The number of hydrogen-bond donors (Lipinski definition) is 0. The summed E-state index contributed by atoms with van der Waals surface area (Å²) in [4.78, 5) is 2.82. The van der Waals surface area contributed by atoms with Crippen LogP contribution in [-0.4, -0.2) is 25.4 Å². The second-order valence-corrected chi connectivity index (χ2v) is 3.97. The van der Waals surface area contributed by atoms with Crippen molar-refractivity contribution in [2.45, 2.75) is 25.2 Å². The Bertz CT molecular complexity index is 390. The number of benzene rings is 1. The molecule has 0 unspecified atom stereocenters. The molecule has 0 saturated carbocycles. The lowest BCUT2D eigenvalue weighted by Gasteiger charge is -2.14. The van der Waals surface area contributed by atoms with E-state index in [4.69, 9.17) is 15.0 Å². The highest BCUT2D eigenvalue weighted by molar-refractivity contribution is 5.13. The van der Waals surface area contributed by atoms with E-state index in [1.807, 2.05) is 30.3 Å². The van der Waals surface area contributed by atoms with Gasteiger partial charge in [-0.15, -0.1) is 0 Å². The van der Waals surface area contributed by atoms with E-state index in [2.05, 4.69) is 10.0 Å². The number of azide groups is 1. The van der Waals surface area contributed by atoms with Crippen LogP contribution in [0.3, 0.4) is 0 Å². The van der Waals surface area contributed by atoms with Crippen molar-refractivity contribution in [3.05, 3.63) is 46.3 Å². The number of ether oxygens (including phenoxy) is 2. The Balaban J connectivity index is 1.76. The topological polar surface area (TPSA) is 67.2 Å². The zero-order valence-corrected chi connectivity index (χ0v) is 9.53. The van der Waals surface area contributed by atoms with Crippen LogP contribution in [0.25, 0.3) is 10.4 Å². The molecule has 1 heterocycles. The van der Waals surface area contributed by atoms with Crippen molar-refractivity contribution in [3.63, 3.8) is 0 Å². The van der Waals surface area contributed by atoms with Crippen LogP contribution in [0.1, 0.15) is 12.0 Å². The minimum Gasteiger partial charge on any atom is -0.375 e. The van der Waals surface area contributed by atoms with Gasteiger partial charge in [-0.05, 0) is 17.5 Å². The maximum absolute atomic E-state index is 8.41. The van der Waals surface area contributed by atoms with E-state index in [0.717, 1.165) is 12.0 Å². The van der Waals surface area contributed by atoms with Crippen LogP contribution in [-0.2, 0) is 16.1 Å². The number of rotatable bonds is 5. The van der Waals surface area contributed by atoms with Gasteiger partial charge in [-0.1, -0.05) is 35.4 Å². The molecule has 0 bridgehead atoms. The van der Waals surface area contributed by atoms with Crippen molar-refractivity contribution in [3.8, 4) is 0 Å². The second kappa shape index (κ2) is 6.25. The summed E-state index contributed by atoms with van der Waals surface area (Å²) in [6.07, 6.45) is 0.679. The van der Waals surface area contributed by atoms with Gasteiger partial charge in [0.2, 0.25) is 0 Å². The average molecular weight is 233 g/mol. The Morgan fingerprint density at radius 3 is 3.00 bits per heavy atom. The van der Waals surface area contributed by atoms with Crippen LogP contribution in [0.15, 0.2) is 35.4 Å². The van der Waals surface area contributed by atoms with E-state index < -0.39 is 0 Å². The molecule has 1 fully saturated rings. The number of hydrogen-bond acceptors (Lipinski definition) is 3. The van der Waals surface area contributed by atoms with Crippen LogP contribution in [0.5, 0.6) is 0 Å². The van der Waals surface area contributed by atoms with Gasteiger partial charge in [0, 0.05) is 11.5 Å². The lowest BCUT2D eigenvalue weighted by Crippen LogP contribution is -2.24. The minimum absolute atomic E-state index is 0.0872. The second-order valence-electron chi connectivity index (χ2n) is 3.97. The van der Waals surface area contributed by atoms with Crippen LogP contribution >= 0.6 is 0 Å². The molecule has 1 aromatic rings. The van der Waals surface area contributed by atoms with Gasteiger partial charge in [-0.3, -0.25) is 0 Å². The molecule has 5 heteroatoms. The van der Waals surface area contributed by atoms with E-state index in [1.54, 1.807) is 0 Å². The van der Waals surface area contributed by atoms with Crippen molar-refractivity contribution in [1.29, 1.82) is 0 Å². The average Bonchev–Trinajstić information content (AvgIpc) is 2.79. The monoisotopic (exact) mass is 233 g/mol. The SMILES string of the molecule is [N-]=[N+]=N[C@@H]1CCO[C@H]1COCc1ccccc1. The van der Waals surface area contributed by atoms with E-state index in [1.165, 1.54) is 0 Å². The van der Waals surface area contributed by atoms with Crippen LogP contribution in [0.4, 0.5) is 0 Å². The molecule has 17 heavy (non-hydrogen) atoms. The van der Waals surface area contributed by atoms with Crippen LogP contribution in [0.2, 0.25) is 0 Å². The summed E-state index contributed by atoms with van der Waals surface area (Å²) in [6, 6.07) is 9.87. The van der Waals surface area contributed by atoms with Gasteiger partial charge >= 0.3 is 0 Å². The van der Waals surface area contributed by atoms with E-state index in [-0.39, 0.29) is 12.1 Å². The zero-order chi connectivity index (χ0) is 11.9. The molecule has 1 aliphatic rings. The maximum atomic E-state index is 8.41. The molecule has 2 rings (SSSR count). The first kappa shape index (κ1) is 11.9. The summed E-state index contributed by atoms with van der Waals surface area (Å²) in [6.45, 7) is 1.67. The van der Waals surface area contributed by atoms with E-state index >= 15 is 0 Å². The smallest absolute Gasteiger partial charge is 0.0894 e. The Labute approximate surface area is 100.0 Å². The molecule has 0 N–H and O–H groups in total. The fourth-order valence-corrected chi connectivity index (χ4v) is 1.86. The first-order chi connectivity index (χ1) is 8.40. The fourth-order valence-electron chi connectivity index (χ4n) is 1.86. The van der Waals surface area contributed by atoms with E-state index in [9.17, 15) is 0 Å². The molecule has 90 valence electrons. The van der Waals surface area contributed by atoms with Crippen molar-refractivity contribution >= 4 is 0 Å². The van der Waals surface area contributed by atoms with Gasteiger partial charge in [-0.2, -0.15) is 0 Å². The zero-order valence-electron chi connectivity index (χ0n) is 9.53. The van der Waals surface area contributed by atoms with Crippen molar-refractivity contribution in [2.24, 2.45) is 5.11 Å². The molecule has 2 atom stereocenters. The van der Waals surface area contributed by atoms with Gasteiger partial charge < -0.3 is 9.47 Å². The highest BCUT2D eigenvalue weighted by Crippen LogP contribution is 2.18. The molecule has 0 radical (unpaired) electrons. The molecule has 1 aromatic carbocycles. The summed E-state index contributed by atoms with van der Waals surface area (Å²) < 4.78 is 11.0. The van der Waals surface area contributed by atoms with Gasteiger partial charge in [0.1, 0.15) is 0 Å². The molecule has 1 aliphatic heterocycles. The lowest BCUT2D eigenvalue weighted by atomic mass is 10.2. The Kier molecular flexibility index (Phi) is 4.38. The molecule has 1 saturated heterocycles. The molecule has 0 amide bonds. The van der Waals surface area contributed by atoms with Gasteiger partial charge in [0.05, 0.1) is 25.4 Å². The van der Waals surface area contributed by atoms with Crippen molar-refractivity contribution < 1.29 is 9.47 Å². The highest BCUT2D eigenvalue weighted by atomic mass is 16.5. The maximum Gasteiger partial charge on any atom is 0.0894 e. The Morgan fingerprint density at radius 2 is 2.24 bits per heavy atom. The van der Waals surface area contributed by atoms with Crippen LogP contribution < -0.4 is 0 Å². The van der Waals surface area contributed by atoms with Crippen molar-refractivity contribution in [1.82, 2.24) is 0 Å².